The zero-order valence-electron chi connectivity index (χ0n) is 12.8. The van der Waals surface area contributed by atoms with E-state index in [-0.39, 0.29) is 36.1 Å². The summed E-state index contributed by atoms with van der Waals surface area (Å²) in [7, 11) is 2.47. The fourth-order valence-electron chi connectivity index (χ4n) is 3.05. The highest BCUT2D eigenvalue weighted by Gasteiger charge is 2.58. The van der Waals surface area contributed by atoms with Gasteiger partial charge in [0, 0.05) is 5.92 Å². The summed E-state index contributed by atoms with van der Waals surface area (Å²) in [5.74, 6) is -1.42. The van der Waals surface area contributed by atoms with Crippen LogP contribution in [0.25, 0.3) is 0 Å². The highest BCUT2D eigenvalue weighted by Crippen LogP contribution is 2.58. The molecular formula is C14H23ClN2O5. The van der Waals surface area contributed by atoms with Crippen LogP contribution in [0.1, 0.15) is 25.7 Å². The summed E-state index contributed by atoms with van der Waals surface area (Å²) in [4.78, 5) is 35.3. The normalized spacial score (nSPS) is 22.9. The van der Waals surface area contributed by atoms with Crippen molar-refractivity contribution in [3.63, 3.8) is 0 Å². The molecule has 0 aromatic rings. The molecule has 1 heterocycles. The first-order valence-electron chi connectivity index (χ1n) is 7.18. The number of halogens is 1. The third kappa shape index (κ3) is 4.10. The summed E-state index contributed by atoms with van der Waals surface area (Å²) < 4.78 is 9.16. The van der Waals surface area contributed by atoms with Gasteiger partial charge in [-0.2, -0.15) is 0 Å². The van der Waals surface area contributed by atoms with Crippen molar-refractivity contribution < 1.29 is 23.9 Å². The summed E-state index contributed by atoms with van der Waals surface area (Å²) in [6.45, 7) is 1.85. The third-order valence-electron chi connectivity index (χ3n) is 4.51. The zero-order chi connectivity index (χ0) is 15.5. The molecule has 7 nitrogen and oxygen atoms in total. The SMILES string of the molecule is COC(=O)CC(NC(=O)C1CC12CCNCC2)C(=O)OC.Cl. The standard InChI is InChI=1S/C14H22N2O5.ClH/c1-20-11(17)7-10(13(19)21-2)16-12(18)9-8-14(9)3-5-15-6-4-14;/h9-10,15H,3-8H2,1-2H3,(H,16,18);1H. The van der Waals surface area contributed by atoms with Crippen LogP contribution in [0.5, 0.6) is 0 Å². The highest BCUT2D eigenvalue weighted by atomic mass is 35.5. The largest absolute Gasteiger partial charge is 0.469 e. The lowest BCUT2D eigenvalue weighted by atomic mass is 9.91. The molecule has 1 spiro atoms. The predicted molar refractivity (Wildman–Crippen MR) is 80.5 cm³/mol. The van der Waals surface area contributed by atoms with Gasteiger partial charge in [0.05, 0.1) is 20.6 Å². The average Bonchev–Trinajstić information content (AvgIpc) is 3.19. The molecule has 1 saturated heterocycles. The number of ether oxygens (including phenoxy) is 2. The van der Waals surface area contributed by atoms with Crippen LogP contribution in [0, 0.1) is 11.3 Å². The third-order valence-corrected chi connectivity index (χ3v) is 4.51. The number of hydrogen-bond acceptors (Lipinski definition) is 6. The molecule has 0 bridgehead atoms. The van der Waals surface area contributed by atoms with Crippen molar-refractivity contribution in [1.29, 1.82) is 0 Å². The van der Waals surface area contributed by atoms with Gasteiger partial charge in [-0.25, -0.2) is 4.79 Å². The van der Waals surface area contributed by atoms with E-state index in [2.05, 4.69) is 20.1 Å². The number of hydrogen-bond donors (Lipinski definition) is 2. The van der Waals surface area contributed by atoms with Crippen LogP contribution in [0.15, 0.2) is 0 Å². The molecule has 2 N–H and O–H groups in total. The van der Waals surface area contributed by atoms with Crippen LogP contribution in [-0.4, -0.2) is 51.2 Å². The summed E-state index contributed by atoms with van der Waals surface area (Å²) in [5.41, 5.74) is 0.0846. The second-order valence-electron chi connectivity index (χ2n) is 5.73. The van der Waals surface area contributed by atoms with Gasteiger partial charge in [0.2, 0.25) is 5.91 Å². The van der Waals surface area contributed by atoms with Crippen LogP contribution < -0.4 is 10.6 Å². The molecule has 2 fully saturated rings. The maximum atomic E-state index is 12.3. The number of amides is 1. The number of carbonyl (C=O) groups is 3. The maximum absolute atomic E-state index is 12.3. The number of rotatable bonds is 5. The Balaban J connectivity index is 0.00000242. The first-order valence-corrected chi connectivity index (χ1v) is 7.18. The van der Waals surface area contributed by atoms with Gasteiger partial charge in [-0.1, -0.05) is 0 Å². The summed E-state index contributed by atoms with van der Waals surface area (Å²) >= 11 is 0. The van der Waals surface area contributed by atoms with Gasteiger partial charge in [-0.05, 0) is 37.8 Å². The predicted octanol–water partition coefficient (Wildman–Crippen LogP) is 0.0188. The Kier molecular flexibility index (Phi) is 6.62. The molecular weight excluding hydrogens is 312 g/mol. The maximum Gasteiger partial charge on any atom is 0.328 e. The summed E-state index contributed by atoms with van der Waals surface area (Å²) in [6, 6.07) is -0.977. The summed E-state index contributed by atoms with van der Waals surface area (Å²) in [5, 5.41) is 5.91. The lowest BCUT2D eigenvalue weighted by Gasteiger charge is -2.23. The van der Waals surface area contributed by atoms with Crippen molar-refractivity contribution in [3.05, 3.63) is 0 Å². The van der Waals surface area contributed by atoms with Crippen molar-refractivity contribution in [2.75, 3.05) is 27.3 Å². The van der Waals surface area contributed by atoms with Crippen LogP contribution >= 0.6 is 12.4 Å². The van der Waals surface area contributed by atoms with Crippen molar-refractivity contribution in [3.8, 4) is 0 Å². The second-order valence-corrected chi connectivity index (χ2v) is 5.73. The van der Waals surface area contributed by atoms with E-state index in [1.807, 2.05) is 0 Å². The van der Waals surface area contributed by atoms with E-state index in [1.165, 1.54) is 14.2 Å². The van der Waals surface area contributed by atoms with Crippen molar-refractivity contribution in [2.45, 2.75) is 31.7 Å². The number of methoxy groups -OCH3 is 2. The molecule has 126 valence electrons. The van der Waals surface area contributed by atoms with Gasteiger partial charge in [-0.15, -0.1) is 12.4 Å². The van der Waals surface area contributed by atoms with Crippen LogP contribution in [0.3, 0.4) is 0 Å². The first-order chi connectivity index (χ1) is 10.0. The topological polar surface area (TPSA) is 93.7 Å². The van der Waals surface area contributed by atoms with Crippen LogP contribution in [0.2, 0.25) is 0 Å². The minimum atomic E-state index is -0.977. The van der Waals surface area contributed by atoms with Gasteiger partial charge in [0.25, 0.3) is 0 Å². The Labute approximate surface area is 135 Å². The van der Waals surface area contributed by atoms with Gasteiger partial charge in [-0.3, -0.25) is 9.59 Å². The van der Waals surface area contributed by atoms with Crippen LogP contribution in [0.4, 0.5) is 0 Å². The zero-order valence-corrected chi connectivity index (χ0v) is 13.7. The lowest BCUT2D eigenvalue weighted by molar-refractivity contribution is -0.150. The van der Waals surface area contributed by atoms with E-state index in [0.29, 0.717) is 0 Å². The first kappa shape index (κ1) is 18.7. The molecule has 8 heteroatoms. The molecule has 0 aromatic carbocycles. The second kappa shape index (κ2) is 7.78. The van der Waals surface area contributed by atoms with Gasteiger partial charge in [0.15, 0.2) is 0 Å². The molecule has 1 aliphatic heterocycles. The molecule has 0 radical (unpaired) electrons. The van der Waals surface area contributed by atoms with E-state index in [9.17, 15) is 14.4 Å². The smallest absolute Gasteiger partial charge is 0.328 e. The number of esters is 2. The molecule has 2 atom stereocenters. The Hall–Kier alpha value is -1.34. The minimum Gasteiger partial charge on any atom is -0.469 e. The Morgan fingerprint density at radius 3 is 2.41 bits per heavy atom. The van der Waals surface area contributed by atoms with Gasteiger partial charge in [0.1, 0.15) is 6.04 Å². The van der Waals surface area contributed by atoms with E-state index >= 15 is 0 Å². The number of nitrogens with one attached hydrogen (secondary N) is 2. The molecule has 1 amide bonds. The van der Waals surface area contributed by atoms with Gasteiger partial charge >= 0.3 is 11.9 Å². The van der Waals surface area contributed by atoms with E-state index in [1.54, 1.807) is 0 Å². The van der Waals surface area contributed by atoms with Crippen molar-refractivity contribution >= 4 is 30.3 Å². The number of carbonyl (C=O) groups excluding carboxylic acids is 3. The van der Waals surface area contributed by atoms with Crippen LogP contribution in [-0.2, 0) is 23.9 Å². The lowest BCUT2D eigenvalue weighted by Crippen LogP contribution is -2.44. The van der Waals surface area contributed by atoms with E-state index < -0.39 is 18.0 Å². The van der Waals surface area contributed by atoms with Crippen molar-refractivity contribution in [1.82, 2.24) is 10.6 Å². The average molecular weight is 335 g/mol. The molecule has 2 unspecified atom stereocenters. The molecule has 0 aromatic heterocycles. The quantitative estimate of drug-likeness (QED) is 0.688. The highest BCUT2D eigenvalue weighted by molar-refractivity contribution is 5.90. The Morgan fingerprint density at radius 2 is 1.86 bits per heavy atom. The van der Waals surface area contributed by atoms with E-state index in [4.69, 9.17) is 0 Å². The molecule has 22 heavy (non-hydrogen) atoms. The molecule has 1 aliphatic carbocycles. The fraction of sp³-hybridized carbons (Fsp3) is 0.786. The number of piperidine rings is 1. The molecule has 1 saturated carbocycles. The molecule has 2 rings (SSSR count). The fourth-order valence-corrected chi connectivity index (χ4v) is 3.05. The van der Waals surface area contributed by atoms with Gasteiger partial charge < -0.3 is 20.1 Å². The monoisotopic (exact) mass is 334 g/mol. The molecule has 2 aliphatic rings. The summed E-state index contributed by atoms with van der Waals surface area (Å²) in [6.07, 6.45) is 2.60. The Morgan fingerprint density at radius 1 is 1.23 bits per heavy atom. The minimum absolute atomic E-state index is 0. The van der Waals surface area contributed by atoms with E-state index in [0.717, 1.165) is 32.4 Å². The van der Waals surface area contributed by atoms with Crippen molar-refractivity contribution in [2.24, 2.45) is 11.3 Å². The Bertz CT molecular complexity index is 437.